The van der Waals surface area contributed by atoms with Gasteiger partial charge in [-0.3, -0.25) is 9.59 Å². The number of primary sulfonamides is 1. The van der Waals surface area contributed by atoms with E-state index in [1.54, 1.807) is 11.3 Å². The zero-order chi connectivity index (χ0) is 20.1. The molecule has 1 fully saturated rings. The lowest BCUT2D eigenvalue weighted by molar-refractivity contribution is -0.134. The van der Waals surface area contributed by atoms with Crippen LogP contribution < -0.4 is 10.5 Å². The Labute approximate surface area is 168 Å². The summed E-state index contributed by atoms with van der Waals surface area (Å²) in [4.78, 5) is 26.6. The quantitative estimate of drug-likeness (QED) is 0.745. The van der Waals surface area contributed by atoms with E-state index < -0.39 is 10.0 Å². The number of anilines is 1. The van der Waals surface area contributed by atoms with Crippen molar-refractivity contribution in [3.63, 3.8) is 0 Å². The van der Waals surface area contributed by atoms with Crippen LogP contribution in [0, 0.1) is 5.92 Å². The fraction of sp³-hybridized carbons (Fsp3) is 0.368. The Morgan fingerprint density at radius 1 is 1.14 bits per heavy atom. The summed E-state index contributed by atoms with van der Waals surface area (Å²) in [6.07, 6.45) is 2.47. The molecule has 0 atom stereocenters. The Bertz CT molecular complexity index is 917. The van der Waals surface area contributed by atoms with Gasteiger partial charge >= 0.3 is 0 Å². The van der Waals surface area contributed by atoms with Crippen LogP contribution in [0.1, 0.15) is 24.8 Å². The Kier molecular flexibility index (Phi) is 6.48. The summed E-state index contributed by atoms with van der Waals surface area (Å²) in [5.41, 5.74) is 1.70. The van der Waals surface area contributed by atoms with E-state index in [0.29, 0.717) is 38.0 Å². The third kappa shape index (κ3) is 5.40. The van der Waals surface area contributed by atoms with Crippen molar-refractivity contribution in [2.24, 2.45) is 11.1 Å². The third-order valence-corrected chi connectivity index (χ3v) is 6.54. The van der Waals surface area contributed by atoms with Gasteiger partial charge in [0, 0.05) is 31.1 Å². The number of thiophene rings is 1. The smallest absolute Gasteiger partial charge is 0.238 e. The van der Waals surface area contributed by atoms with Gasteiger partial charge in [0.25, 0.3) is 0 Å². The normalized spacial score (nSPS) is 15.4. The van der Waals surface area contributed by atoms with E-state index in [1.165, 1.54) is 29.8 Å². The predicted molar refractivity (Wildman–Crippen MR) is 108 cm³/mol. The number of piperidine rings is 1. The molecule has 0 unspecified atom stereocenters. The van der Waals surface area contributed by atoms with Gasteiger partial charge in [-0.25, -0.2) is 13.6 Å². The maximum absolute atomic E-state index is 12.5. The van der Waals surface area contributed by atoms with Crippen molar-refractivity contribution < 1.29 is 18.0 Å². The fourth-order valence-electron chi connectivity index (χ4n) is 3.21. The summed E-state index contributed by atoms with van der Waals surface area (Å²) in [7, 11) is -3.75. The van der Waals surface area contributed by atoms with E-state index >= 15 is 0 Å². The molecule has 0 aliphatic carbocycles. The highest BCUT2D eigenvalue weighted by atomic mass is 32.2. The lowest BCUT2D eigenvalue weighted by Crippen LogP contribution is -2.41. The predicted octanol–water partition coefficient (Wildman–Crippen LogP) is 2.21. The number of likely N-dealkylation sites (tertiary alicyclic amines) is 1. The van der Waals surface area contributed by atoms with Crippen LogP contribution in [0.25, 0.3) is 0 Å². The highest BCUT2D eigenvalue weighted by molar-refractivity contribution is 7.89. The number of nitrogens with two attached hydrogens (primary N) is 1. The summed E-state index contributed by atoms with van der Waals surface area (Å²) < 4.78 is 22.5. The van der Waals surface area contributed by atoms with E-state index in [1.807, 2.05) is 16.3 Å². The Morgan fingerprint density at radius 3 is 2.39 bits per heavy atom. The van der Waals surface area contributed by atoms with Crippen molar-refractivity contribution in [2.75, 3.05) is 18.4 Å². The molecule has 7 nitrogen and oxygen atoms in total. The molecule has 3 rings (SSSR count). The van der Waals surface area contributed by atoms with Crippen LogP contribution in [0.3, 0.4) is 0 Å². The van der Waals surface area contributed by atoms with Crippen LogP contribution in [0.2, 0.25) is 0 Å². The van der Waals surface area contributed by atoms with Gasteiger partial charge in [0.2, 0.25) is 21.8 Å². The average Bonchev–Trinajstić information content (AvgIpc) is 3.19. The fourth-order valence-corrected chi connectivity index (χ4v) is 4.43. The number of aryl methyl sites for hydroxylation is 1. The van der Waals surface area contributed by atoms with Crippen LogP contribution in [0.5, 0.6) is 0 Å². The third-order valence-electron chi connectivity index (χ3n) is 4.88. The minimum atomic E-state index is -3.75. The van der Waals surface area contributed by atoms with Crippen molar-refractivity contribution in [3.05, 3.63) is 46.7 Å². The molecule has 1 saturated heterocycles. The number of nitrogens with one attached hydrogen (secondary N) is 1. The zero-order valence-electron chi connectivity index (χ0n) is 15.3. The number of hydrogen-bond acceptors (Lipinski definition) is 5. The molecule has 28 heavy (non-hydrogen) atoms. The minimum Gasteiger partial charge on any atom is -0.343 e. The van der Waals surface area contributed by atoms with E-state index in [0.717, 1.165) is 6.42 Å². The van der Waals surface area contributed by atoms with Gasteiger partial charge in [-0.1, -0.05) is 0 Å². The van der Waals surface area contributed by atoms with Crippen molar-refractivity contribution in [1.29, 1.82) is 0 Å². The van der Waals surface area contributed by atoms with E-state index in [9.17, 15) is 18.0 Å². The van der Waals surface area contributed by atoms with Crippen LogP contribution >= 0.6 is 11.3 Å². The Morgan fingerprint density at radius 2 is 1.82 bits per heavy atom. The summed E-state index contributed by atoms with van der Waals surface area (Å²) in [6, 6.07) is 7.78. The number of benzene rings is 1. The number of carbonyl (C=O) groups is 2. The van der Waals surface area contributed by atoms with Gasteiger partial charge in [-0.15, -0.1) is 0 Å². The molecule has 3 N–H and O–H groups in total. The summed E-state index contributed by atoms with van der Waals surface area (Å²) in [6.45, 7) is 1.15. The van der Waals surface area contributed by atoms with Gasteiger partial charge in [-0.2, -0.15) is 11.3 Å². The first kappa shape index (κ1) is 20.5. The van der Waals surface area contributed by atoms with Crippen molar-refractivity contribution in [1.82, 2.24) is 4.90 Å². The van der Waals surface area contributed by atoms with Gasteiger partial charge in [0.15, 0.2) is 0 Å². The Balaban J connectivity index is 1.46. The first-order valence-electron chi connectivity index (χ1n) is 9.05. The van der Waals surface area contributed by atoms with Crippen molar-refractivity contribution >= 4 is 38.9 Å². The highest BCUT2D eigenvalue weighted by Gasteiger charge is 2.27. The number of sulfonamides is 1. The molecule has 1 aromatic heterocycles. The molecule has 1 aliphatic heterocycles. The lowest BCUT2D eigenvalue weighted by Gasteiger charge is -2.31. The molecule has 2 heterocycles. The zero-order valence-corrected chi connectivity index (χ0v) is 17.0. The Hall–Kier alpha value is -2.23. The van der Waals surface area contributed by atoms with Gasteiger partial charge < -0.3 is 10.2 Å². The van der Waals surface area contributed by atoms with Crippen LogP contribution in [0.15, 0.2) is 46.0 Å². The summed E-state index contributed by atoms with van der Waals surface area (Å²) in [5.74, 6) is -0.156. The number of carbonyl (C=O) groups excluding carboxylic acids is 2. The van der Waals surface area contributed by atoms with Gasteiger partial charge in [0.1, 0.15) is 0 Å². The molecular weight excluding hydrogens is 398 g/mol. The number of nitrogens with zero attached hydrogens (tertiary/aromatic N) is 1. The van der Waals surface area contributed by atoms with E-state index in [2.05, 4.69) is 10.7 Å². The van der Waals surface area contributed by atoms with Crippen molar-refractivity contribution in [3.8, 4) is 0 Å². The molecular formula is C19H23N3O4S2. The first-order chi connectivity index (χ1) is 13.3. The first-order valence-corrected chi connectivity index (χ1v) is 11.5. The molecule has 0 spiro atoms. The van der Waals surface area contributed by atoms with Gasteiger partial charge in [-0.05, 0) is 65.9 Å². The molecule has 0 bridgehead atoms. The second-order valence-corrected chi connectivity index (χ2v) is 9.19. The highest BCUT2D eigenvalue weighted by Crippen LogP contribution is 2.21. The summed E-state index contributed by atoms with van der Waals surface area (Å²) in [5, 5.41) is 11.9. The van der Waals surface area contributed by atoms with E-state index in [4.69, 9.17) is 5.14 Å². The summed E-state index contributed by atoms with van der Waals surface area (Å²) >= 11 is 1.63. The molecule has 150 valence electrons. The SMILES string of the molecule is NS(=O)(=O)c1ccc(NC(=O)C2CCN(C(=O)CCc3ccsc3)CC2)cc1. The lowest BCUT2D eigenvalue weighted by atomic mass is 9.95. The molecule has 9 heteroatoms. The maximum Gasteiger partial charge on any atom is 0.238 e. The molecule has 0 radical (unpaired) electrons. The monoisotopic (exact) mass is 421 g/mol. The van der Waals surface area contributed by atoms with E-state index in [-0.39, 0.29) is 22.6 Å². The number of rotatable bonds is 6. The second kappa shape index (κ2) is 8.85. The maximum atomic E-state index is 12.5. The van der Waals surface area contributed by atoms with Crippen LogP contribution in [0.4, 0.5) is 5.69 Å². The number of hydrogen-bond donors (Lipinski definition) is 2. The molecule has 0 saturated carbocycles. The molecule has 1 aliphatic rings. The van der Waals surface area contributed by atoms with Crippen LogP contribution in [-0.2, 0) is 26.0 Å². The number of amides is 2. The standard InChI is InChI=1S/C19H23N3O4S2/c20-28(25,26)17-4-2-16(3-5-17)21-19(24)15-7-10-22(11-8-15)18(23)6-1-14-9-12-27-13-14/h2-5,9,12-13,15H,1,6-8,10-11H2,(H,21,24)(H2,20,25,26). The van der Waals surface area contributed by atoms with Crippen molar-refractivity contribution in [2.45, 2.75) is 30.6 Å². The van der Waals surface area contributed by atoms with Crippen LogP contribution in [-0.4, -0.2) is 38.2 Å². The second-order valence-electron chi connectivity index (χ2n) is 6.85. The molecule has 2 amide bonds. The molecule has 2 aromatic rings. The van der Waals surface area contributed by atoms with Gasteiger partial charge in [0.05, 0.1) is 4.90 Å². The molecule has 1 aromatic carbocycles. The topological polar surface area (TPSA) is 110 Å². The largest absolute Gasteiger partial charge is 0.343 e. The average molecular weight is 422 g/mol. The minimum absolute atomic E-state index is 0.000212.